The third-order valence-electron chi connectivity index (χ3n) is 5.39. The standard InChI is InChI=1S/C26H24N2/c1-16-13-23(18(3)22-12-11-17(2)27-15-22)14-24-19(4)25(20(5)28-26(16)24)21-9-7-6-8-10-21/h6-15H,3H2,1-2,4-5H3. The first kappa shape index (κ1) is 18.1. The van der Waals surface area contributed by atoms with Crippen LogP contribution in [0.3, 0.4) is 0 Å². The van der Waals surface area contributed by atoms with Crippen LogP contribution in [0, 0.1) is 27.7 Å². The second-order valence-electron chi connectivity index (χ2n) is 7.42. The number of fused-ring (bicyclic) bond motifs is 1. The van der Waals surface area contributed by atoms with Crippen molar-refractivity contribution in [3.63, 3.8) is 0 Å². The van der Waals surface area contributed by atoms with Gasteiger partial charge in [-0.25, -0.2) is 0 Å². The summed E-state index contributed by atoms with van der Waals surface area (Å²) >= 11 is 0. The normalized spacial score (nSPS) is 11.0. The first-order chi connectivity index (χ1) is 13.5. The van der Waals surface area contributed by atoms with Crippen LogP contribution >= 0.6 is 0 Å². The van der Waals surface area contributed by atoms with Gasteiger partial charge in [-0.2, -0.15) is 0 Å². The maximum absolute atomic E-state index is 4.96. The summed E-state index contributed by atoms with van der Waals surface area (Å²) in [5.74, 6) is 0. The topological polar surface area (TPSA) is 25.8 Å². The third-order valence-corrected chi connectivity index (χ3v) is 5.39. The van der Waals surface area contributed by atoms with Crippen LogP contribution < -0.4 is 0 Å². The van der Waals surface area contributed by atoms with Crippen molar-refractivity contribution in [2.45, 2.75) is 27.7 Å². The van der Waals surface area contributed by atoms with Crippen LogP contribution in [0.4, 0.5) is 0 Å². The summed E-state index contributed by atoms with van der Waals surface area (Å²) < 4.78 is 0. The summed E-state index contributed by atoms with van der Waals surface area (Å²) in [5.41, 5.74) is 11.1. The van der Waals surface area contributed by atoms with E-state index in [4.69, 9.17) is 4.98 Å². The van der Waals surface area contributed by atoms with Gasteiger partial charge in [0.05, 0.1) is 5.52 Å². The first-order valence-electron chi connectivity index (χ1n) is 9.55. The minimum atomic E-state index is 0.985. The SMILES string of the molecule is C=C(c1ccc(C)nc1)c1cc(C)c2nc(C)c(-c3ccccc3)c(C)c2c1. The number of hydrogen-bond acceptors (Lipinski definition) is 2. The van der Waals surface area contributed by atoms with Crippen molar-refractivity contribution < 1.29 is 0 Å². The summed E-state index contributed by atoms with van der Waals surface area (Å²) in [6.45, 7) is 12.8. The number of rotatable bonds is 3. The molecule has 2 heterocycles. The summed E-state index contributed by atoms with van der Waals surface area (Å²) in [6.07, 6.45) is 1.90. The molecular formula is C26H24N2. The number of benzene rings is 2. The van der Waals surface area contributed by atoms with E-state index in [9.17, 15) is 0 Å². The van der Waals surface area contributed by atoms with Crippen LogP contribution in [0.1, 0.15) is 33.6 Å². The average Bonchev–Trinajstić information content (AvgIpc) is 2.69. The lowest BCUT2D eigenvalue weighted by Crippen LogP contribution is -1.98. The predicted molar refractivity (Wildman–Crippen MR) is 119 cm³/mol. The molecule has 0 aliphatic rings. The summed E-state index contributed by atoms with van der Waals surface area (Å²) in [5, 5.41) is 1.18. The largest absolute Gasteiger partial charge is 0.261 e. The van der Waals surface area contributed by atoms with Gasteiger partial charge in [-0.3, -0.25) is 9.97 Å². The predicted octanol–water partition coefficient (Wildman–Crippen LogP) is 6.59. The fourth-order valence-corrected chi connectivity index (χ4v) is 3.86. The van der Waals surface area contributed by atoms with Crippen molar-refractivity contribution in [1.82, 2.24) is 9.97 Å². The molecule has 2 nitrogen and oxygen atoms in total. The molecule has 0 amide bonds. The zero-order chi connectivity index (χ0) is 19.8. The fraction of sp³-hybridized carbons (Fsp3) is 0.154. The van der Waals surface area contributed by atoms with Gasteiger partial charge >= 0.3 is 0 Å². The smallest absolute Gasteiger partial charge is 0.0737 e. The maximum atomic E-state index is 4.96. The minimum absolute atomic E-state index is 0.985. The van der Waals surface area contributed by atoms with Gasteiger partial charge in [0.25, 0.3) is 0 Å². The first-order valence-corrected chi connectivity index (χ1v) is 9.55. The minimum Gasteiger partial charge on any atom is -0.261 e. The summed E-state index contributed by atoms with van der Waals surface area (Å²) in [4.78, 5) is 9.38. The molecule has 4 rings (SSSR count). The molecule has 0 aliphatic carbocycles. The maximum Gasteiger partial charge on any atom is 0.0737 e. The molecule has 0 N–H and O–H groups in total. The number of hydrogen-bond donors (Lipinski definition) is 0. The van der Waals surface area contributed by atoms with Gasteiger partial charge in [-0.15, -0.1) is 0 Å². The summed E-state index contributed by atoms with van der Waals surface area (Å²) in [6, 6.07) is 19.0. The molecule has 0 saturated heterocycles. The van der Waals surface area contributed by atoms with E-state index in [0.29, 0.717) is 0 Å². The van der Waals surface area contributed by atoms with Crippen molar-refractivity contribution >= 4 is 16.5 Å². The van der Waals surface area contributed by atoms with Gasteiger partial charge in [0, 0.05) is 34.1 Å². The lowest BCUT2D eigenvalue weighted by molar-refractivity contribution is 1.19. The van der Waals surface area contributed by atoms with Gasteiger partial charge in [0.1, 0.15) is 0 Å². The molecule has 0 spiro atoms. The highest BCUT2D eigenvalue weighted by Gasteiger charge is 2.14. The highest BCUT2D eigenvalue weighted by Crippen LogP contribution is 2.34. The van der Waals surface area contributed by atoms with Crippen LogP contribution in [0.15, 0.2) is 67.4 Å². The Hall–Kier alpha value is -3.26. The van der Waals surface area contributed by atoms with Crippen LogP contribution in [-0.2, 0) is 0 Å². The van der Waals surface area contributed by atoms with Gasteiger partial charge in [-0.1, -0.05) is 43.0 Å². The van der Waals surface area contributed by atoms with Gasteiger partial charge in [0.15, 0.2) is 0 Å². The molecule has 0 fully saturated rings. The zero-order valence-electron chi connectivity index (χ0n) is 16.9. The second kappa shape index (κ2) is 7.05. The Morgan fingerprint density at radius 1 is 0.857 bits per heavy atom. The molecule has 0 atom stereocenters. The Morgan fingerprint density at radius 3 is 2.29 bits per heavy atom. The van der Waals surface area contributed by atoms with Crippen LogP contribution in [0.2, 0.25) is 0 Å². The van der Waals surface area contributed by atoms with Crippen molar-refractivity contribution in [3.8, 4) is 11.1 Å². The van der Waals surface area contributed by atoms with E-state index >= 15 is 0 Å². The van der Waals surface area contributed by atoms with E-state index in [2.05, 4.69) is 74.8 Å². The second-order valence-corrected chi connectivity index (χ2v) is 7.42. The highest BCUT2D eigenvalue weighted by atomic mass is 14.7. The Bertz CT molecular complexity index is 1190. The molecule has 2 aromatic carbocycles. The average molecular weight is 364 g/mol. The van der Waals surface area contributed by atoms with Gasteiger partial charge in [0.2, 0.25) is 0 Å². The third kappa shape index (κ3) is 3.11. The van der Waals surface area contributed by atoms with Crippen LogP contribution in [0.25, 0.3) is 27.6 Å². The molecule has 2 aromatic heterocycles. The van der Waals surface area contributed by atoms with Crippen LogP contribution in [0.5, 0.6) is 0 Å². The molecular weight excluding hydrogens is 340 g/mol. The van der Waals surface area contributed by atoms with Crippen molar-refractivity contribution in [1.29, 1.82) is 0 Å². The lowest BCUT2D eigenvalue weighted by Gasteiger charge is -2.16. The Kier molecular flexibility index (Phi) is 4.56. The Morgan fingerprint density at radius 2 is 1.61 bits per heavy atom. The molecule has 0 unspecified atom stereocenters. The summed E-state index contributed by atoms with van der Waals surface area (Å²) in [7, 11) is 0. The van der Waals surface area contributed by atoms with Gasteiger partial charge in [-0.05, 0) is 73.7 Å². The van der Waals surface area contributed by atoms with Crippen molar-refractivity contribution in [2.75, 3.05) is 0 Å². The number of aromatic nitrogens is 2. The van der Waals surface area contributed by atoms with Crippen molar-refractivity contribution in [3.05, 3.63) is 101 Å². The Balaban J connectivity index is 1.92. The number of nitrogens with zero attached hydrogens (tertiary/aromatic N) is 2. The van der Waals surface area contributed by atoms with Crippen molar-refractivity contribution in [2.24, 2.45) is 0 Å². The molecule has 4 aromatic rings. The lowest BCUT2D eigenvalue weighted by atomic mass is 9.91. The van der Waals surface area contributed by atoms with Gasteiger partial charge < -0.3 is 0 Å². The fourth-order valence-electron chi connectivity index (χ4n) is 3.86. The Labute approximate surface area is 166 Å². The van der Waals surface area contributed by atoms with E-state index in [-0.39, 0.29) is 0 Å². The molecule has 0 bridgehead atoms. The van der Waals surface area contributed by atoms with E-state index < -0.39 is 0 Å². The molecule has 2 heteroatoms. The highest BCUT2D eigenvalue weighted by molar-refractivity contribution is 5.94. The number of aryl methyl sites for hydroxylation is 4. The molecule has 138 valence electrons. The van der Waals surface area contributed by atoms with Crippen LogP contribution in [-0.4, -0.2) is 9.97 Å². The number of pyridine rings is 2. The van der Waals surface area contributed by atoms with E-state index in [1.54, 1.807) is 0 Å². The molecule has 28 heavy (non-hydrogen) atoms. The quantitative estimate of drug-likeness (QED) is 0.410. The zero-order valence-corrected chi connectivity index (χ0v) is 16.9. The van der Waals surface area contributed by atoms with E-state index in [1.165, 1.54) is 27.6 Å². The van der Waals surface area contributed by atoms with E-state index in [0.717, 1.165) is 33.6 Å². The van der Waals surface area contributed by atoms with E-state index in [1.807, 2.05) is 25.3 Å². The molecule has 0 radical (unpaired) electrons. The molecule has 0 saturated carbocycles. The molecule has 0 aliphatic heterocycles. The monoisotopic (exact) mass is 364 g/mol.